The van der Waals surface area contributed by atoms with E-state index in [9.17, 15) is 0 Å². The molecule has 1 aliphatic carbocycles. The Labute approximate surface area is 122 Å². The van der Waals surface area contributed by atoms with E-state index in [1.807, 2.05) is 0 Å². The molecule has 0 radical (unpaired) electrons. The smallest absolute Gasteiger partial charge is 0.0613 e. The fourth-order valence-electron chi connectivity index (χ4n) is 3.42. The zero-order chi connectivity index (χ0) is 13.9. The topological polar surface area (TPSA) is 21.3 Å². The summed E-state index contributed by atoms with van der Waals surface area (Å²) in [7, 11) is 0. The number of rotatable bonds is 6. The van der Waals surface area contributed by atoms with E-state index in [-0.39, 0.29) is 0 Å². The highest BCUT2D eigenvalue weighted by molar-refractivity contribution is 5.25. The van der Waals surface area contributed by atoms with Crippen molar-refractivity contribution in [2.24, 2.45) is 11.8 Å². The van der Waals surface area contributed by atoms with Crippen LogP contribution in [0.3, 0.4) is 0 Å². The van der Waals surface area contributed by atoms with Crippen LogP contribution in [0.15, 0.2) is 24.3 Å². The van der Waals surface area contributed by atoms with Gasteiger partial charge in [0.15, 0.2) is 0 Å². The van der Waals surface area contributed by atoms with Crippen LogP contribution in [-0.2, 0) is 4.74 Å². The van der Waals surface area contributed by atoms with E-state index >= 15 is 0 Å². The summed E-state index contributed by atoms with van der Waals surface area (Å²) in [5.41, 5.74) is 2.81. The second-order valence-electron chi connectivity index (χ2n) is 6.50. The minimum atomic E-state index is 0.473. The third-order valence-corrected chi connectivity index (χ3v) is 4.88. The third-order valence-electron chi connectivity index (χ3n) is 4.88. The molecule has 1 aliphatic heterocycles. The summed E-state index contributed by atoms with van der Waals surface area (Å²) in [6.45, 7) is 6.45. The van der Waals surface area contributed by atoms with Crippen LogP contribution in [-0.4, -0.2) is 19.3 Å². The maximum absolute atomic E-state index is 5.80. The van der Waals surface area contributed by atoms with Crippen molar-refractivity contribution in [3.8, 4) is 0 Å². The number of benzene rings is 1. The normalized spacial score (nSPS) is 27.7. The molecule has 20 heavy (non-hydrogen) atoms. The van der Waals surface area contributed by atoms with Crippen LogP contribution < -0.4 is 5.32 Å². The van der Waals surface area contributed by atoms with E-state index in [2.05, 4.69) is 43.4 Å². The summed E-state index contributed by atoms with van der Waals surface area (Å²) in [6.07, 6.45) is 5.59. The highest BCUT2D eigenvalue weighted by Gasteiger charge is 2.34. The maximum Gasteiger partial charge on any atom is 0.0613 e. The van der Waals surface area contributed by atoms with Crippen LogP contribution in [0.25, 0.3) is 0 Å². The van der Waals surface area contributed by atoms with Gasteiger partial charge in [-0.1, -0.05) is 36.8 Å². The van der Waals surface area contributed by atoms with Gasteiger partial charge in [0.2, 0.25) is 0 Å². The molecule has 110 valence electrons. The molecule has 3 rings (SSSR count). The molecular weight excluding hydrogens is 246 g/mol. The minimum Gasteiger partial charge on any atom is -0.378 e. The average molecular weight is 273 g/mol. The van der Waals surface area contributed by atoms with E-state index in [4.69, 9.17) is 4.74 Å². The molecule has 1 heterocycles. The second kappa shape index (κ2) is 6.28. The van der Waals surface area contributed by atoms with Gasteiger partial charge in [0, 0.05) is 19.2 Å². The van der Waals surface area contributed by atoms with Crippen molar-refractivity contribution >= 4 is 0 Å². The molecule has 2 aliphatic rings. The first-order chi connectivity index (χ1) is 9.78. The first-order valence-electron chi connectivity index (χ1n) is 8.19. The second-order valence-corrected chi connectivity index (χ2v) is 6.50. The van der Waals surface area contributed by atoms with E-state index in [0.717, 1.165) is 25.5 Å². The van der Waals surface area contributed by atoms with Gasteiger partial charge in [-0.15, -0.1) is 0 Å². The fraction of sp³-hybridized carbons (Fsp3) is 0.667. The summed E-state index contributed by atoms with van der Waals surface area (Å²) in [6, 6.07) is 9.62. The van der Waals surface area contributed by atoms with E-state index in [1.54, 1.807) is 0 Å². The molecule has 1 saturated heterocycles. The number of ether oxygens (including phenoxy) is 1. The Hall–Kier alpha value is -0.860. The highest BCUT2D eigenvalue weighted by atomic mass is 16.5. The van der Waals surface area contributed by atoms with Crippen molar-refractivity contribution in [2.75, 3.05) is 13.2 Å². The predicted molar refractivity (Wildman–Crippen MR) is 82.8 cm³/mol. The van der Waals surface area contributed by atoms with Crippen molar-refractivity contribution in [1.82, 2.24) is 5.32 Å². The molecule has 0 bridgehead atoms. The lowest BCUT2D eigenvalue weighted by Crippen LogP contribution is -2.32. The summed E-state index contributed by atoms with van der Waals surface area (Å²) in [4.78, 5) is 0. The monoisotopic (exact) mass is 273 g/mol. The molecule has 2 heteroatoms. The van der Waals surface area contributed by atoms with Crippen molar-refractivity contribution in [3.05, 3.63) is 35.4 Å². The van der Waals surface area contributed by atoms with Gasteiger partial charge in [-0.05, 0) is 50.0 Å². The van der Waals surface area contributed by atoms with Crippen LogP contribution >= 0.6 is 0 Å². The summed E-state index contributed by atoms with van der Waals surface area (Å²) < 4.78 is 5.80. The Morgan fingerprint density at radius 3 is 2.60 bits per heavy atom. The van der Waals surface area contributed by atoms with Gasteiger partial charge < -0.3 is 10.1 Å². The first kappa shape index (κ1) is 14.1. The van der Waals surface area contributed by atoms with Gasteiger partial charge in [-0.3, -0.25) is 0 Å². The quantitative estimate of drug-likeness (QED) is 0.850. The van der Waals surface area contributed by atoms with Gasteiger partial charge in [0.25, 0.3) is 0 Å². The maximum atomic E-state index is 5.80. The number of aryl methyl sites for hydroxylation is 1. The molecule has 1 aromatic rings. The molecule has 2 fully saturated rings. The number of nitrogens with one attached hydrogen (secondary N) is 1. The van der Waals surface area contributed by atoms with Crippen molar-refractivity contribution in [1.29, 1.82) is 0 Å². The van der Waals surface area contributed by atoms with Crippen LogP contribution in [0.2, 0.25) is 0 Å². The van der Waals surface area contributed by atoms with E-state index in [1.165, 1.54) is 30.4 Å². The first-order valence-corrected chi connectivity index (χ1v) is 8.19. The molecule has 1 aromatic carbocycles. The number of hydrogen-bond acceptors (Lipinski definition) is 2. The number of hydrogen-bond donors (Lipinski definition) is 1. The van der Waals surface area contributed by atoms with E-state index in [0.29, 0.717) is 18.1 Å². The molecule has 1 saturated carbocycles. The van der Waals surface area contributed by atoms with E-state index < -0.39 is 0 Å². The Morgan fingerprint density at radius 1 is 1.20 bits per heavy atom. The molecule has 0 spiro atoms. The highest BCUT2D eigenvalue weighted by Crippen LogP contribution is 2.41. The van der Waals surface area contributed by atoms with Gasteiger partial charge in [-0.25, -0.2) is 0 Å². The predicted octanol–water partition coefficient (Wildman–Crippen LogP) is 3.85. The lowest BCUT2D eigenvalue weighted by Gasteiger charge is -2.23. The molecule has 0 aromatic heterocycles. The lowest BCUT2D eigenvalue weighted by atomic mass is 9.96. The third kappa shape index (κ3) is 3.24. The minimum absolute atomic E-state index is 0.473. The van der Waals surface area contributed by atoms with Gasteiger partial charge in [0.05, 0.1) is 6.10 Å². The Morgan fingerprint density at radius 2 is 1.95 bits per heavy atom. The lowest BCUT2D eigenvalue weighted by molar-refractivity contribution is 0.0864. The van der Waals surface area contributed by atoms with Gasteiger partial charge >= 0.3 is 0 Å². The SMILES string of the molecule is CCC1OCCC1CNC(c1ccc(C)cc1)C1CC1. The zero-order valence-electron chi connectivity index (χ0n) is 12.8. The zero-order valence-corrected chi connectivity index (χ0v) is 12.8. The van der Waals surface area contributed by atoms with Gasteiger partial charge in [0.1, 0.15) is 0 Å². The molecular formula is C18H27NO. The Balaban J connectivity index is 1.61. The average Bonchev–Trinajstić information content (AvgIpc) is 3.19. The van der Waals surface area contributed by atoms with Crippen LogP contribution in [0.5, 0.6) is 0 Å². The fourth-order valence-corrected chi connectivity index (χ4v) is 3.42. The Kier molecular flexibility index (Phi) is 4.42. The van der Waals surface area contributed by atoms with Crippen molar-refractivity contribution in [3.63, 3.8) is 0 Å². The van der Waals surface area contributed by atoms with Crippen molar-refractivity contribution in [2.45, 2.75) is 51.7 Å². The summed E-state index contributed by atoms with van der Waals surface area (Å²) >= 11 is 0. The molecule has 2 nitrogen and oxygen atoms in total. The molecule has 0 amide bonds. The van der Waals surface area contributed by atoms with Crippen molar-refractivity contribution < 1.29 is 4.74 Å². The largest absolute Gasteiger partial charge is 0.378 e. The molecule has 3 unspecified atom stereocenters. The summed E-state index contributed by atoms with van der Waals surface area (Å²) in [5.74, 6) is 1.55. The standard InChI is InChI=1S/C18H27NO/c1-3-17-16(10-11-20-17)12-19-18(15-8-9-15)14-6-4-13(2)5-7-14/h4-7,15-19H,3,8-12H2,1-2H3. The van der Waals surface area contributed by atoms with Gasteiger partial charge in [-0.2, -0.15) is 0 Å². The van der Waals surface area contributed by atoms with Crippen LogP contribution in [0.4, 0.5) is 0 Å². The molecule has 3 atom stereocenters. The summed E-state index contributed by atoms with van der Waals surface area (Å²) in [5, 5.41) is 3.84. The Bertz CT molecular complexity index is 424. The van der Waals surface area contributed by atoms with Crippen LogP contribution in [0, 0.1) is 18.8 Å². The molecule has 1 N–H and O–H groups in total. The van der Waals surface area contributed by atoms with Crippen LogP contribution in [0.1, 0.15) is 49.8 Å².